The molecule has 2 aromatic rings. The van der Waals surface area contributed by atoms with Crippen molar-refractivity contribution in [2.45, 2.75) is 32.8 Å². The summed E-state index contributed by atoms with van der Waals surface area (Å²) in [6.45, 7) is 5.47. The fourth-order valence-electron chi connectivity index (χ4n) is 2.83. The summed E-state index contributed by atoms with van der Waals surface area (Å²) in [7, 11) is 0. The van der Waals surface area contributed by atoms with Gasteiger partial charge in [-0.15, -0.1) is 0 Å². The van der Waals surface area contributed by atoms with Crippen LogP contribution in [-0.2, 0) is 0 Å². The molecule has 0 spiro atoms. The average Bonchev–Trinajstić information content (AvgIpc) is 3.16. The SMILES string of the molecule is CC(C)Oc1ccc(C(=O)Nc2ccc(C(=O)N3CCCC3)cc2)cn1. The van der Waals surface area contributed by atoms with Crippen molar-refractivity contribution in [2.75, 3.05) is 18.4 Å². The Kier molecular flexibility index (Phi) is 5.51. The molecule has 0 unspecified atom stereocenters. The number of rotatable bonds is 5. The second-order valence-corrected chi connectivity index (χ2v) is 6.58. The fourth-order valence-corrected chi connectivity index (χ4v) is 2.83. The molecule has 1 fully saturated rings. The summed E-state index contributed by atoms with van der Waals surface area (Å²) in [6.07, 6.45) is 3.64. The third-order valence-corrected chi connectivity index (χ3v) is 4.14. The molecule has 0 atom stereocenters. The molecule has 0 saturated carbocycles. The highest BCUT2D eigenvalue weighted by Crippen LogP contribution is 2.16. The van der Waals surface area contributed by atoms with Gasteiger partial charge in [-0.05, 0) is 57.0 Å². The van der Waals surface area contributed by atoms with Crippen molar-refractivity contribution in [3.8, 4) is 5.88 Å². The van der Waals surface area contributed by atoms with Crippen molar-refractivity contribution in [1.82, 2.24) is 9.88 Å². The summed E-state index contributed by atoms with van der Waals surface area (Å²) in [4.78, 5) is 30.6. The Morgan fingerprint density at radius 3 is 2.27 bits per heavy atom. The molecule has 2 heterocycles. The Bertz CT molecular complexity index is 764. The number of aromatic nitrogens is 1. The van der Waals surface area contributed by atoms with Crippen LogP contribution >= 0.6 is 0 Å². The van der Waals surface area contributed by atoms with Crippen LogP contribution in [0.4, 0.5) is 5.69 Å². The molecule has 1 aliphatic heterocycles. The minimum atomic E-state index is -0.257. The highest BCUT2D eigenvalue weighted by atomic mass is 16.5. The molecule has 6 nitrogen and oxygen atoms in total. The number of nitrogens with zero attached hydrogens (tertiary/aromatic N) is 2. The van der Waals surface area contributed by atoms with Crippen molar-refractivity contribution >= 4 is 17.5 Å². The van der Waals surface area contributed by atoms with Gasteiger partial charge in [0.15, 0.2) is 0 Å². The predicted molar refractivity (Wildman–Crippen MR) is 99.5 cm³/mol. The van der Waals surface area contributed by atoms with Gasteiger partial charge in [0.25, 0.3) is 11.8 Å². The Hall–Kier alpha value is -2.89. The van der Waals surface area contributed by atoms with E-state index in [2.05, 4.69) is 10.3 Å². The van der Waals surface area contributed by atoms with Gasteiger partial charge in [-0.25, -0.2) is 4.98 Å². The van der Waals surface area contributed by atoms with E-state index in [1.807, 2.05) is 18.7 Å². The third kappa shape index (κ3) is 4.39. The minimum Gasteiger partial charge on any atom is -0.475 e. The van der Waals surface area contributed by atoms with E-state index in [1.165, 1.54) is 6.20 Å². The second kappa shape index (κ2) is 7.99. The van der Waals surface area contributed by atoms with Crippen LogP contribution in [0.2, 0.25) is 0 Å². The third-order valence-electron chi connectivity index (χ3n) is 4.14. The number of pyridine rings is 1. The molecule has 136 valence electrons. The van der Waals surface area contributed by atoms with Crippen molar-refractivity contribution in [1.29, 1.82) is 0 Å². The minimum absolute atomic E-state index is 0.0314. The number of carbonyl (C=O) groups excluding carboxylic acids is 2. The van der Waals surface area contributed by atoms with E-state index < -0.39 is 0 Å². The summed E-state index contributed by atoms with van der Waals surface area (Å²) in [5, 5.41) is 2.81. The maximum atomic E-state index is 12.3. The monoisotopic (exact) mass is 353 g/mol. The first-order valence-corrected chi connectivity index (χ1v) is 8.86. The van der Waals surface area contributed by atoms with E-state index in [0.29, 0.717) is 22.7 Å². The molecule has 0 radical (unpaired) electrons. The van der Waals surface area contributed by atoms with Crippen LogP contribution in [0.5, 0.6) is 5.88 Å². The number of benzene rings is 1. The molecule has 2 amide bonds. The molecule has 1 aromatic carbocycles. The van der Waals surface area contributed by atoms with Crippen LogP contribution < -0.4 is 10.1 Å². The Labute approximate surface area is 153 Å². The summed E-state index contributed by atoms with van der Waals surface area (Å²) in [5.74, 6) is 0.277. The number of hydrogen-bond donors (Lipinski definition) is 1. The molecule has 1 aliphatic rings. The van der Waals surface area contributed by atoms with Crippen LogP contribution in [0, 0.1) is 0 Å². The first-order chi connectivity index (χ1) is 12.5. The molecule has 3 rings (SSSR count). The zero-order chi connectivity index (χ0) is 18.5. The zero-order valence-electron chi connectivity index (χ0n) is 15.1. The molecular formula is C20H23N3O3. The summed E-state index contributed by atoms with van der Waals surface area (Å²) < 4.78 is 5.47. The number of nitrogens with one attached hydrogen (secondary N) is 1. The van der Waals surface area contributed by atoms with E-state index >= 15 is 0 Å². The maximum Gasteiger partial charge on any atom is 0.257 e. The van der Waals surface area contributed by atoms with Crippen molar-refractivity contribution in [3.05, 3.63) is 53.7 Å². The van der Waals surface area contributed by atoms with Crippen molar-refractivity contribution in [3.63, 3.8) is 0 Å². The van der Waals surface area contributed by atoms with Crippen LogP contribution in [0.1, 0.15) is 47.4 Å². The highest BCUT2D eigenvalue weighted by Gasteiger charge is 2.19. The molecule has 1 aromatic heterocycles. The standard InChI is InChI=1S/C20H23N3O3/c1-14(2)26-18-10-7-16(13-21-18)19(24)22-17-8-5-15(6-9-17)20(25)23-11-3-4-12-23/h5-10,13-14H,3-4,11-12H2,1-2H3,(H,22,24). The predicted octanol–water partition coefficient (Wildman–Crippen LogP) is 3.36. The van der Waals surface area contributed by atoms with Gasteiger partial charge in [0.05, 0.1) is 11.7 Å². The normalized spacial score (nSPS) is 13.7. The van der Waals surface area contributed by atoms with Gasteiger partial charge in [0, 0.05) is 36.6 Å². The topological polar surface area (TPSA) is 71.5 Å². The quantitative estimate of drug-likeness (QED) is 0.895. The van der Waals surface area contributed by atoms with Gasteiger partial charge in [-0.3, -0.25) is 9.59 Å². The van der Waals surface area contributed by atoms with Crippen LogP contribution in [0.15, 0.2) is 42.6 Å². The van der Waals surface area contributed by atoms with E-state index in [-0.39, 0.29) is 17.9 Å². The Balaban J connectivity index is 1.61. The van der Waals surface area contributed by atoms with E-state index in [1.54, 1.807) is 36.4 Å². The van der Waals surface area contributed by atoms with Crippen LogP contribution in [-0.4, -0.2) is 40.9 Å². The van der Waals surface area contributed by atoms with Crippen molar-refractivity contribution < 1.29 is 14.3 Å². The second-order valence-electron chi connectivity index (χ2n) is 6.58. The first kappa shape index (κ1) is 17.9. The van der Waals surface area contributed by atoms with Gasteiger partial charge < -0.3 is 15.0 Å². The average molecular weight is 353 g/mol. The summed E-state index contributed by atoms with van der Waals surface area (Å²) in [6, 6.07) is 10.3. The molecule has 6 heteroatoms. The lowest BCUT2D eigenvalue weighted by Crippen LogP contribution is -2.27. The van der Waals surface area contributed by atoms with Crippen LogP contribution in [0.3, 0.4) is 0 Å². The van der Waals surface area contributed by atoms with E-state index in [0.717, 1.165) is 25.9 Å². The van der Waals surface area contributed by atoms with Crippen molar-refractivity contribution in [2.24, 2.45) is 0 Å². The van der Waals surface area contributed by atoms with Gasteiger partial charge in [-0.2, -0.15) is 0 Å². The summed E-state index contributed by atoms with van der Waals surface area (Å²) >= 11 is 0. The zero-order valence-corrected chi connectivity index (χ0v) is 15.1. The number of carbonyl (C=O) groups is 2. The number of likely N-dealkylation sites (tertiary alicyclic amines) is 1. The molecule has 0 aliphatic carbocycles. The molecule has 0 bridgehead atoms. The first-order valence-electron chi connectivity index (χ1n) is 8.86. The highest BCUT2D eigenvalue weighted by molar-refractivity contribution is 6.04. The van der Waals surface area contributed by atoms with E-state index in [4.69, 9.17) is 4.74 Å². The molecule has 1 N–H and O–H groups in total. The lowest BCUT2D eigenvalue weighted by molar-refractivity contribution is 0.0792. The van der Waals surface area contributed by atoms with Gasteiger partial charge in [0.1, 0.15) is 0 Å². The molecule has 26 heavy (non-hydrogen) atoms. The number of ether oxygens (including phenoxy) is 1. The molecule has 1 saturated heterocycles. The number of amides is 2. The number of hydrogen-bond acceptors (Lipinski definition) is 4. The lowest BCUT2D eigenvalue weighted by Gasteiger charge is -2.15. The smallest absolute Gasteiger partial charge is 0.257 e. The largest absolute Gasteiger partial charge is 0.475 e. The van der Waals surface area contributed by atoms with Gasteiger partial charge >= 0.3 is 0 Å². The van der Waals surface area contributed by atoms with Gasteiger partial charge in [-0.1, -0.05) is 0 Å². The summed E-state index contributed by atoms with van der Waals surface area (Å²) in [5.41, 5.74) is 1.72. The van der Waals surface area contributed by atoms with Gasteiger partial charge in [0.2, 0.25) is 5.88 Å². The molecular weight excluding hydrogens is 330 g/mol. The maximum absolute atomic E-state index is 12.3. The van der Waals surface area contributed by atoms with E-state index in [9.17, 15) is 9.59 Å². The lowest BCUT2D eigenvalue weighted by atomic mass is 10.1. The number of anilines is 1. The Morgan fingerprint density at radius 2 is 1.69 bits per heavy atom. The fraction of sp³-hybridized carbons (Fsp3) is 0.350. The van der Waals surface area contributed by atoms with Crippen LogP contribution in [0.25, 0.3) is 0 Å². The Morgan fingerprint density at radius 1 is 1.04 bits per heavy atom.